The minimum Gasteiger partial charge on any atom is -0.496 e. The number of ether oxygens (including phenoxy) is 1. The van der Waals surface area contributed by atoms with Crippen molar-refractivity contribution in [1.29, 1.82) is 0 Å². The van der Waals surface area contributed by atoms with Gasteiger partial charge in [-0.3, -0.25) is 4.79 Å². The van der Waals surface area contributed by atoms with Crippen LogP contribution in [-0.2, 0) is 4.79 Å². The second-order valence-corrected chi connectivity index (χ2v) is 4.19. The fourth-order valence-corrected chi connectivity index (χ4v) is 1.71. The summed E-state index contributed by atoms with van der Waals surface area (Å²) in [6.45, 7) is 5.10. The Hall–Kier alpha value is -1.55. The van der Waals surface area contributed by atoms with E-state index in [0.29, 0.717) is 6.54 Å². The Balaban J connectivity index is 2.49. The van der Waals surface area contributed by atoms with Gasteiger partial charge in [0.25, 0.3) is 0 Å². The summed E-state index contributed by atoms with van der Waals surface area (Å²) in [4.78, 5) is 11.5. The molecule has 0 aliphatic heterocycles. The molecule has 1 aromatic rings. The second kappa shape index (κ2) is 7.71. The molecule has 0 spiro atoms. The van der Waals surface area contributed by atoms with Crippen LogP contribution in [0.5, 0.6) is 5.75 Å². The monoisotopic (exact) mass is 250 g/mol. The van der Waals surface area contributed by atoms with Gasteiger partial charge in [-0.15, -0.1) is 0 Å². The molecular weight excluding hydrogens is 228 g/mol. The van der Waals surface area contributed by atoms with Crippen LogP contribution in [0.25, 0.3) is 0 Å². The standard InChI is InChI=1S/C14H22N2O2/c1-4-9-15-14(17)10-16-11(2)12-7-5-6-8-13(12)18-3/h5-8,11,16H,4,9-10H2,1-3H3,(H,15,17). The molecule has 4 nitrogen and oxygen atoms in total. The van der Waals surface area contributed by atoms with Gasteiger partial charge in [-0.25, -0.2) is 0 Å². The van der Waals surface area contributed by atoms with E-state index in [9.17, 15) is 4.79 Å². The van der Waals surface area contributed by atoms with E-state index in [0.717, 1.165) is 24.3 Å². The van der Waals surface area contributed by atoms with E-state index in [-0.39, 0.29) is 11.9 Å². The molecule has 0 aliphatic rings. The second-order valence-electron chi connectivity index (χ2n) is 4.19. The number of hydrogen-bond acceptors (Lipinski definition) is 3. The van der Waals surface area contributed by atoms with Gasteiger partial charge in [-0.2, -0.15) is 0 Å². The normalized spacial score (nSPS) is 11.9. The highest BCUT2D eigenvalue weighted by atomic mass is 16.5. The molecule has 0 aromatic heterocycles. The first-order valence-corrected chi connectivity index (χ1v) is 6.32. The third-order valence-electron chi connectivity index (χ3n) is 2.75. The number of para-hydroxylation sites is 1. The average molecular weight is 250 g/mol. The zero-order valence-corrected chi connectivity index (χ0v) is 11.3. The lowest BCUT2D eigenvalue weighted by molar-refractivity contribution is -0.120. The molecule has 0 saturated carbocycles. The molecular formula is C14H22N2O2. The number of methoxy groups -OCH3 is 1. The minimum atomic E-state index is 0.0265. The third kappa shape index (κ3) is 4.37. The molecule has 1 unspecified atom stereocenters. The quantitative estimate of drug-likeness (QED) is 0.776. The third-order valence-corrected chi connectivity index (χ3v) is 2.75. The Morgan fingerprint density at radius 3 is 2.78 bits per heavy atom. The molecule has 0 heterocycles. The maximum absolute atomic E-state index is 11.5. The zero-order valence-electron chi connectivity index (χ0n) is 11.3. The molecule has 1 rings (SSSR count). The highest BCUT2D eigenvalue weighted by Crippen LogP contribution is 2.23. The van der Waals surface area contributed by atoms with Gasteiger partial charge in [0.2, 0.25) is 5.91 Å². The van der Waals surface area contributed by atoms with Gasteiger partial charge < -0.3 is 15.4 Å². The summed E-state index contributed by atoms with van der Waals surface area (Å²) in [6.07, 6.45) is 0.952. The van der Waals surface area contributed by atoms with Crippen molar-refractivity contribution in [3.8, 4) is 5.75 Å². The number of nitrogens with one attached hydrogen (secondary N) is 2. The average Bonchev–Trinajstić information content (AvgIpc) is 2.42. The first-order chi connectivity index (χ1) is 8.69. The lowest BCUT2D eigenvalue weighted by Crippen LogP contribution is -2.35. The number of rotatable bonds is 7. The van der Waals surface area contributed by atoms with Crippen molar-refractivity contribution in [3.63, 3.8) is 0 Å². The van der Waals surface area contributed by atoms with Crippen LogP contribution in [0.1, 0.15) is 31.9 Å². The lowest BCUT2D eigenvalue weighted by atomic mass is 10.1. The molecule has 0 aliphatic carbocycles. The Morgan fingerprint density at radius 2 is 2.11 bits per heavy atom. The summed E-state index contributed by atoms with van der Waals surface area (Å²) in [5.74, 6) is 0.866. The molecule has 1 atom stereocenters. The maximum Gasteiger partial charge on any atom is 0.233 e. The highest BCUT2D eigenvalue weighted by molar-refractivity contribution is 5.78. The Morgan fingerprint density at radius 1 is 1.39 bits per heavy atom. The van der Waals surface area contributed by atoms with Crippen molar-refractivity contribution in [2.24, 2.45) is 0 Å². The molecule has 4 heteroatoms. The summed E-state index contributed by atoms with van der Waals surface area (Å²) in [6, 6.07) is 7.90. The molecule has 18 heavy (non-hydrogen) atoms. The van der Waals surface area contributed by atoms with Crippen LogP contribution in [0.3, 0.4) is 0 Å². The van der Waals surface area contributed by atoms with E-state index in [1.54, 1.807) is 7.11 Å². The summed E-state index contributed by atoms with van der Waals surface area (Å²) in [5, 5.41) is 6.03. The Kier molecular flexibility index (Phi) is 6.22. The Bertz CT molecular complexity index is 380. The highest BCUT2D eigenvalue weighted by Gasteiger charge is 2.11. The van der Waals surface area contributed by atoms with Crippen LogP contribution in [0.15, 0.2) is 24.3 Å². The summed E-state index contributed by atoms with van der Waals surface area (Å²) < 4.78 is 5.30. The number of hydrogen-bond donors (Lipinski definition) is 2. The van der Waals surface area contributed by atoms with E-state index in [2.05, 4.69) is 10.6 Å². The largest absolute Gasteiger partial charge is 0.496 e. The van der Waals surface area contributed by atoms with Gasteiger partial charge >= 0.3 is 0 Å². The first kappa shape index (κ1) is 14.5. The van der Waals surface area contributed by atoms with E-state index in [4.69, 9.17) is 4.74 Å². The fraction of sp³-hybridized carbons (Fsp3) is 0.500. The van der Waals surface area contributed by atoms with E-state index in [1.807, 2.05) is 38.1 Å². The Labute approximate surface area is 109 Å². The molecule has 0 fully saturated rings. The number of carbonyl (C=O) groups excluding carboxylic acids is 1. The molecule has 2 N–H and O–H groups in total. The summed E-state index contributed by atoms with van der Waals surface area (Å²) in [7, 11) is 1.65. The predicted molar refractivity (Wildman–Crippen MR) is 72.7 cm³/mol. The SMILES string of the molecule is CCCNC(=O)CNC(C)c1ccccc1OC. The van der Waals surface area contributed by atoms with Crippen LogP contribution in [0, 0.1) is 0 Å². The van der Waals surface area contributed by atoms with Gasteiger partial charge in [0.15, 0.2) is 0 Å². The molecule has 0 saturated heterocycles. The summed E-state index contributed by atoms with van der Waals surface area (Å²) >= 11 is 0. The topological polar surface area (TPSA) is 50.4 Å². The van der Waals surface area contributed by atoms with Crippen molar-refractivity contribution in [2.75, 3.05) is 20.2 Å². The fourth-order valence-electron chi connectivity index (χ4n) is 1.71. The van der Waals surface area contributed by atoms with Gasteiger partial charge in [0, 0.05) is 18.2 Å². The molecule has 0 radical (unpaired) electrons. The maximum atomic E-state index is 11.5. The van der Waals surface area contributed by atoms with Crippen LogP contribution >= 0.6 is 0 Å². The van der Waals surface area contributed by atoms with Gasteiger partial charge in [-0.1, -0.05) is 25.1 Å². The van der Waals surface area contributed by atoms with Crippen molar-refractivity contribution in [3.05, 3.63) is 29.8 Å². The number of benzene rings is 1. The van der Waals surface area contributed by atoms with Gasteiger partial charge in [0.05, 0.1) is 13.7 Å². The van der Waals surface area contributed by atoms with E-state index < -0.39 is 0 Å². The molecule has 100 valence electrons. The van der Waals surface area contributed by atoms with Crippen molar-refractivity contribution >= 4 is 5.91 Å². The minimum absolute atomic E-state index is 0.0265. The molecule has 1 amide bonds. The molecule has 1 aromatic carbocycles. The van der Waals surface area contributed by atoms with Crippen molar-refractivity contribution in [2.45, 2.75) is 26.3 Å². The lowest BCUT2D eigenvalue weighted by Gasteiger charge is -2.16. The van der Waals surface area contributed by atoms with Crippen LogP contribution in [0.4, 0.5) is 0 Å². The van der Waals surface area contributed by atoms with Crippen LogP contribution in [0.2, 0.25) is 0 Å². The summed E-state index contributed by atoms with van der Waals surface area (Å²) in [5.41, 5.74) is 1.06. The van der Waals surface area contributed by atoms with Crippen molar-refractivity contribution in [1.82, 2.24) is 10.6 Å². The predicted octanol–water partition coefficient (Wildman–Crippen LogP) is 1.87. The number of amides is 1. The van der Waals surface area contributed by atoms with Gasteiger partial charge in [0.1, 0.15) is 5.75 Å². The molecule has 0 bridgehead atoms. The number of carbonyl (C=O) groups is 1. The van der Waals surface area contributed by atoms with E-state index >= 15 is 0 Å². The van der Waals surface area contributed by atoms with Crippen LogP contribution in [-0.4, -0.2) is 26.1 Å². The zero-order chi connectivity index (χ0) is 13.4. The smallest absolute Gasteiger partial charge is 0.233 e. The van der Waals surface area contributed by atoms with Crippen molar-refractivity contribution < 1.29 is 9.53 Å². The van der Waals surface area contributed by atoms with E-state index in [1.165, 1.54) is 0 Å². The van der Waals surface area contributed by atoms with Crippen LogP contribution < -0.4 is 15.4 Å². The van der Waals surface area contributed by atoms with Gasteiger partial charge in [-0.05, 0) is 19.4 Å². The first-order valence-electron chi connectivity index (χ1n) is 6.32.